The quantitative estimate of drug-likeness (QED) is 0.903. The van der Waals surface area contributed by atoms with Crippen LogP contribution >= 0.6 is 0 Å². The Morgan fingerprint density at radius 1 is 1.37 bits per heavy atom. The fourth-order valence-electron chi connectivity index (χ4n) is 2.65. The molecule has 19 heavy (non-hydrogen) atoms. The number of hydrogen-bond acceptors (Lipinski definition) is 3. The lowest BCUT2D eigenvalue weighted by Crippen LogP contribution is -2.52. The summed E-state index contributed by atoms with van der Waals surface area (Å²) in [7, 11) is 2.01. The summed E-state index contributed by atoms with van der Waals surface area (Å²) in [6.07, 6.45) is 0.206. The Labute approximate surface area is 114 Å². The molecule has 0 saturated carbocycles. The molecule has 0 bridgehead atoms. The van der Waals surface area contributed by atoms with Crippen LogP contribution in [0.1, 0.15) is 17.5 Å². The molecule has 1 saturated heterocycles. The molecule has 1 N–H and O–H groups in total. The number of carboxylic acids is 1. The molecule has 1 heterocycles. The fraction of sp³-hybridized carbons (Fsp3) is 0.533. The molecule has 1 atom stereocenters. The molecule has 0 amide bonds. The molecule has 4 nitrogen and oxygen atoms in total. The first-order valence-corrected chi connectivity index (χ1v) is 6.71. The number of aliphatic carboxylic acids is 1. The van der Waals surface area contributed by atoms with E-state index in [1.165, 1.54) is 16.8 Å². The van der Waals surface area contributed by atoms with Crippen LogP contribution in [-0.2, 0) is 4.79 Å². The molecule has 104 valence electrons. The molecule has 1 aromatic carbocycles. The second-order valence-electron chi connectivity index (χ2n) is 5.47. The lowest BCUT2D eigenvalue weighted by atomic mass is 10.1. The third-order valence-electron chi connectivity index (χ3n) is 3.89. The lowest BCUT2D eigenvalue weighted by Gasteiger charge is -2.40. The topological polar surface area (TPSA) is 43.8 Å². The lowest BCUT2D eigenvalue weighted by molar-refractivity contribution is -0.138. The summed E-state index contributed by atoms with van der Waals surface area (Å²) < 4.78 is 0. The van der Waals surface area contributed by atoms with E-state index in [1.54, 1.807) is 0 Å². The van der Waals surface area contributed by atoms with E-state index in [-0.39, 0.29) is 12.5 Å². The molecule has 1 aliphatic heterocycles. The minimum absolute atomic E-state index is 0.0890. The predicted molar refractivity (Wildman–Crippen MR) is 76.8 cm³/mol. The van der Waals surface area contributed by atoms with Gasteiger partial charge in [-0.3, -0.25) is 9.69 Å². The summed E-state index contributed by atoms with van der Waals surface area (Å²) in [6, 6.07) is 6.53. The number of rotatable bonds is 3. The van der Waals surface area contributed by atoms with Crippen LogP contribution in [0.25, 0.3) is 0 Å². The molecule has 2 rings (SSSR count). The monoisotopic (exact) mass is 262 g/mol. The van der Waals surface area contributed by atoms with Crippen LogP contribution in [0.3, 0.4) is 0 Å². The third kappa shape index (κ3) is 3.26. The Balaban J connectivity index is 2.17. The van der Waals surface area contributed by atoms with Gasteiger partial charge in [-0.2, -0.15) is 0 Å². The molecular formula is C15H22N2O2. The highest BCUT2D eigenvalue weighted by atomic mass is 16.4. The number of piperazine rings is 1. The predicted octanol–water partition coefficient (Wildman–Crippen LogP) is 1.90. The van der Waals surface area contributed by atoms with E-state index in [4.69, 9.17) is 5.11 Å². The Hall–Kier alpha value is -1.55. The van der Waals surface area contributed by atoms with Gasteiger partial charge in [-0.1, -0.05) is 12.1 Å². The second-order valence-corrected chi connectivity index (χ2v) is 5.47. The average Bonchev–Trinajstić information content (AvgIpc) is 2.34. The van der Waals surface area contributed by atoms with Gasteiger partial charge in [0.05, 0.1) is 6.42 Å². The number of nitrogens with zero attached hydrogens (tertiary/aromatic N) is 2. The molecule has 0 spiro atoms. The van der Waals surface area contributed by atoms with Crippen LogP contribution in [0.2, 0.25) is 0 Å². The summed E-state index contributed by atoms with van der Waals surface area (Å²) in [6.45, 7) is 6.85. The average molecular weight is 262 g/mol. The molecule has 0 radical (unpaired) electrons. The van der Waals surface area contributed by atoms with Crippen LogP contribution in [0.4, 0.5) is 5.69 Å². The summed E-state index contributed by atoms with van der Waals surface area (Å²) >= 11 is 0. The van der Waals surface area contributed by atoms with Gasteiger partial charge in [0.2, 0.25) is 0 Å². The van der Waals surface area contributed by atoms with Crippen molar-refractivity contribution < 1.29 is 9.90 Å². The maximum atomic E-state index is 10.9. The highest BCUT2D eigenvalue weighted by Gasteiger charge is 2.26. The number of benzene rings is 1. The highest BCUT2D eigenvalue weighted by Crippen LogP contribution is 2.24. The number of hydrogen-bond donors (Lipinski definition) is 1. The maximum absolute atomic E-state index is 10.9. The first-order valence-electron chi connectivity index (χ1n) is 6.71. The minimum atomic E-state index is -0.723. The van der Waals surface area contributed by atoms with E-state index in [2.05, 4.69) is 41.8 Å². The van der Waals surface area contributed by atoms with Crippen molar-refractivity contribution in [3.63, 3.8) is 0 Å². The van der Waals surface area contributed by atoms with Gasteiger partial charge in [0.15, 0.2) is 0 Å². The van der Waals surface area contributed by atoms with E-state index >= 15 is 0 Å². The van der Waals surface area contributed by atoms with E-state index in [1.807, 2.05) is 7.05 Å². The van der Waals surface area contributed by atoms with E-state index in [0.29, 0.717) is 0 Å². The van der Waals surface area contributed by atoms with Crippen molar-refractivity contribution in [2.75, 3.05) is 31.6 Å². The molecule has 1 aliphatic rings. The zero-order valence-electron chi connectivity index (χ0n) is 11.9. The van der Waals surface area contributed by atoms with E-state index in [0.717, 1.165) is 19.6 Å². The normalized spacial score (nSPS) is 20.6. The molecular weight excluding hydrogens is 240 g/mol. The van der Waals surface area contributed by atoms with Crippen molar-refractivity contribution in [3.8, 4) is 0 Å². The first kappa shape index (κ1) is 13.9. The maximum Gasteiger partial charge on any atom is 0.305 e. The zero-order valence-corrected chi connectivity index (χ0v) is 11.9. The fourth-order valence-corrected chi connectivity index (χ4v) is 2.65. The van der Waals surface area contributed by atoms with Crippen molar-refractivity contribution in [2.45, 2.75) is 26.3 Å². The number of likely N-dealkylation sites (N-methyl/N-ethyl adjacent to an activating group) is 1. The minimum Gasteiger partial charge on any atom is -0.481 e. The van der Waals surface area contributed by atoms with Crippen molar-refractivity contribution in [1.29, 1.82) is 0 Å². The number of carboxylic acid groups (broad SMARTS) is 1. The van der Waals surface area contributed by atoms with Gasteiger partial charge >= 0.3 is 5.97 Å². The van der Waals surface area contributed by atoms with Gasteiger partial charge in [-0.25, -0.2) is 0 Å². The molecule has 0 aliphatic carbocycles. The Morgan fingerprint density at radius 2 is 2.11 bits per heavy atom. The van der Waals surface area contributed by atoms with Crippen LogP contribution in [0.15, 0.2) is 18.2 Å². The van der Waals surface area contributed by atoms with E-state index in [9.17, 15) is 4.79 Å². The van der Waals surface area contributed by atoms with Gasteiger partial charge in [0.25, 0.3) is 0 Å². The van der Waals surface area contributed by atoms with Crippen molar-refractivity contribution in [1.82, 2.24) is 4.90 Å². The zero-order chi connectivity index (χ0) is 14.0. The van der Waals surface area contributed by atoms with Gasteiger partial charge < -0.3 is 10.0 Å². The first-order chi connectivity index (χ1) is 8.97. The van der Waals surface area contributed by atoms with Crippen LogP contribution in [-0.4, -0.2) is 48.7 Å². The third-order valence-corrected chi connectivity index (χ3v) is 3.89. The molecule has 0 aromatic heterocycles. The Kier molecular flexibility index (Phi) is 4.10. The van der Waals surface area contributed by atoms with Gasteiger partial charge in [-0.15, -0.1) is 0 Å². The van der Waals surface area contributed by atoms with Gasteiger partial charge in [0, 0.05) is 31.4 Å². The summed E-state index contributed by atoms with van der Waals surface area (Å²) in [5.41, 5.74) is 3.74. The van der Waals surface area contributed by atoms with Crippen LogP contribution in [0, 0.1) is 13.8 Å². The van der Waals surface area contributed by atoms with Crippen molar-refractivity contribution >= 4 is 11.7 Å². The van der Waals surface area contributed by atoms with Crippen molar-refractivity contribution in [3.05, 3.63) is 29.3 Å². The van der Waals surface area contributed by atoms with E-state index < -0.39 is 5.97 Å². The molecule has 4 heteroatoms. The summed E-state index contributed by atoms with van der Waals surface area (Å²) in [4.78, 5) is 15.4. The van der Waals surface area contributed by atoms with Crippen molar-refractivity contribution in [2.24, 2.45) is 0 Å². The van der Waals surface area contributed by atoms with Gasteiger partial charge in [0.1, 0.15) is 0 Å². The van der Waals surface area contributed by atoms with Gasteiger partial charge in [-0.05, 0) is 38.1 Å². The molecule has 1 unspecified atom stereocenters. The second kappa shape index (κ2) is 5.61. The largest absolute Gasteiger partial charge is 0.481 e. The standard InChI is InChI=1S/C15H22N2O2/c1-11-4-5-12(2)14(8-11)17-7-6-16(3)13(10-17)9-15(18)19/h4-5,8,13H,6-7,9-10H2,1-3H3,(H,18,19). The summed E-state index contributed by atoms with van der Waals surface area (Å²) in [5.74, 6) is -0.723. The smallest absolute Gasteiger partial charge is 0.305 e. The summed E-state index contributed by atoms with van der Waals surface area (Å²) in [5, 5.41) is 8.99. The number of carbonyl (C=O) groups is 1. The number of aryl methyl sites for hydroxylation is 2. The van der Waals surface area contributed by atoms with Crippen LogP contribution < -0.4 is 4.90 Å². The van der Waals surface area contributed by atoms with Crippen LogP contribution in [0.5, 0.6) is 0 Å². The highest BCUT2D eigenvalue weighted by molar-refractivity contribution is 5.68. The molecule has 1 aromatic rings. The molecule has 1 fully saturated rings. The Bertz CT molecular complexity index is 473. The SMILES string of the molecule is Cc1ccc(C)c(N2CCN(C)C(CC(=O)O)C2)c1. The Morgan fingerprint density at radius 3 is 2.79 bits per heavy atom. The number of anilines is 1.